The summed E-state index contributed by atoms with van der Waals surface area (Å²) >= 11 is 0. The first kappa shape index (κ1) is 13.8. The molecule has 0 atom stereocenters. The van der Waals surface area contributed by atoms with Gasteiger partial charge in [-0.3, -0.25) is 10.0 Å². The molecule has 0 rings (SSSR count). The van der Waals surface area contributed by atoms with Crippen molar-refractivity contribution in [2.24, 2.45) is 4.99 Å². The van der Waals surface area contributed by atoms with Crippen LogP contribution in [0.25, 0.3) is 0 Å². The molecular weight excluding hydrogens is 196 g/mol. The number of unbranched alkanes of at least 4 members (excludes halogenated alkanes) is 5. The molecule has 0 aliphatic carbocycles. The molecule has 15 heavy (non-hydrogen) atoms. The van der Waals surface area contributed by atoms with Gasteiger partial charge < -0.3 is 0 Å². The average Bonchev–Trinajstić information content (AvgIpc) is 2.26. The molecule has 0 unspecified atom stereocenters. The van der Waals surface area contributed by atoms with Crippen molar-refractivity contribution in [3.8, 4) is 0 Å². The van der Waals surface area contributed by atoms with Crippen LogP contribution >= 0.6 is 0 Å². The number of hydrogen-bond acceptors (Lipinski definition) is 4. The van der Waals surface area contributed by atoms with Crippen LogP contribution in [-0.2, 0) is 9.59 Å². The van der Waals surface area contributed by atoms with Gasteiger partial charge in [0.1, 0.15) is 0 Å². The zero-order chi connectivity index (χ0) is 11.4. The van der Waals surface area contributed by atoms with Gasteiger partial charge in [-0.2, -0.15) is 0 Å². The van der Waals surface area contributed by atoms with E-state index in [1.54, 1.807) is 5.48 Å². The van der Waals surface area contributed by atoms with E-state index in [1.807, 2.05) is 0 Å². The Hall–Kier alpha value is -1.19. The lowest BCUT2D eigenvalue weighted by molar-refractivity contribution is -0.129. The summed E-state index contributed by atoms with van der Waals surface area (Å²) in [5.74, 6) is -0.324. The Bertz CT molecular complexity index is 213. The van der Waals surface area contributed by atoms with E-state index in [4.69, 9.17) is 5.21 Å². The van der Waals surface area contributed by atoms with Crippen LogP contribution in [0.15, 0.2) is 4.99 Å². The third-order valence-corrected chi connectivity index (χ3v) is 2.11. The van der Waals surface area contributed by atoms with Gasteiger partial charge in [0.2, 0.25) is 12.0 Å². The van der Waals surface area contributed by atoms with E-state index in [9.17, 15) is 9.59 Å². The molecule has 5 heteroatoms. The van der Waals surface area contributed by atoms with Gasteiger partial charge in [-0.25, -0.2) is 15.3 Å². The van der Waals surface area contributed by atoms with Crippen LogP contribution in [0.4, 0.5) is 0 Å². The first-order valence-corrected chi connectivity index (χ1v) is 5.28. The highest BCUT2D eigenvalue weighted by Crippen LogP contribution is 2.06. The number of nitrogens with one attached hydrogen (secondary N) is 1. The zero-order valence-corrected chi connectivity index (χ0v) is 8.87. The van der Waals surface area contributed by atoms with Crippen LogP contribution in [0.2, 0.25) is 0 Å². The van der Waals surface area contributed by atoms with Crippen molar-refractivity contribution in [3.63, 3.8) is 0 Å². The van der Waals surface area contributed by atoms with Crippen molar-refractivity contribution in [1.82, 2.24) is 5.48 Å². The topological polar surface area (TPSA) is 78.8 Å². The second kappa shape index (κ2) is 10.9. The highest BCUT2D eigenvalue weighted by atomic mass is 16.5. The number of carbonyl (C=O) groups is 1. The van der Waals surface area contributed by atoms with Gasteiger partial charge in [0, 0.05) is 6.42 Å². The van der Waals surface area contributed by atoms with Gasteiger partial charge in [-0.15, -0.1) is 0 Å². The number of amides is 1. The molecule has 0 saturated carbocycles. The smallest absolute Gasteiger partial charge is 0.243 e. The normalized spacial score (nSPS) is 9.40. The number of aliphatic imine (C=N–C) groups is 1. The molecular formula is C10H18N2O3. The molecule has 0 aliphatic heterocycles. The Morgan fingerprint density at radius 1 is 1.13 bits per heavy atom. The minimum absolute atomic E-state index is 0.324. The van der Waals surface area contributed by atoms with E-state index in [-0.39, 0.29) is 5.91 Å². The first-order chi connectivity index (χ1) is 7.31. The summed E-state index contributed by atoms with van der Waals surface area (Å²) in [5, 5.41) is 8.22. The molecule has 0 spiro atoms. The molecule has 5 nitrogen and oxygen atoms in total. The van der Waals surface area contributed by atoms with Crippen LogP contribution in [0.1, 0.15) is 44.9 Å². The SMILES string of the molecule is O=C=NCCCCCCCCC(=O)NO. The summed E-state index contributed by atoms with van der Waals surface area (Å²) in [5.41, 5.74) is 1.60. The summed E-state index contributed by atoms with van der Waals surface area (Å²) in [6.07, 6.45) is 7.82. The van der Waals surface area contributed by atoms with Crippen LogP contribution in [0.5, 0.6) is 0 Å². The minimum Gasteiger partial charge on any atom is -0.289 e. The Labute approximate surface area is 89.5 Å². The number of carbonyl (C=O) groups excluding carboxylic acids is 2. The summed E-state index contributed by atoms with van der Waals surface area (Å²) < 4.78 is 0. The molecule has 0 aliphatic rings. The van der Waals surface area contributed by atoms with Gasteiger partial charge in [0.05, 0.1) is 6.54 Å². The lowest BCUT2D eigenvalue weighted by Gasteiger charge is -2.00. The van der Waals surface area contributed by atoms with Gasteiger partial charge in [-0.1, -0.05) is 25.7 Å². The first-order valence-electron chi connectivity index (χ1n) is 5.28. The number of hydrogen-bond donors (Lipinski definition) is 2. The van der Waals surface area contributed by atoms with E-state index in [0.29, 0.717) is 13.0 Å². The maximum atomic E-state index is 10.6. The number of isocyanates is 1. The summed E-state index contributed by atoms with van der Waals surface area (Å²) in [6, 6.07) is 0. The van der Waals surface area contributed by atoms with E-state index < -0.39 is 0 Å². The molecule has 86 valence electrons. The predicted molar refractivity (Wildman–Crippen MR) is 55.2 cm³/mol. The highest BCUT2D eigenvalue weighted by Gasteiger charge is 1.97. The molecule has 0 aromatic rings. The Morgan fingerprint density at radius 2 is 1.73 bits per heavy atom. The van der Waals surface area contributed by atoms with Crippen LogP contribution in [-0.4, -0.2) is 23.7 Å². The third-order valence-electron chi connectivity index (χ3n) is 2.11. The summed E-state index contributed by atoms with van der Waals surface area (Å²) in [6.45, 7) is 0.566. The molecule has 0 bridgehead atoms. The number of nitrogens with zero attached hydrogens (tertiary/aromatic N) is 1. The van der Waals surface area contributed by atoms with Crippen LogP contribution < -0.4 is 5.48 Å². The fourth-order valence-electron chi connectivity index (χ4n) is 1.29. The zero-order valence-electron chi connectivity index (χ0n) is 8.87. The molecule has 0 fully saturated rings. The largest absolute Gasteiger partial charge is 0.289 e. The maximum Gasteiger partial charge on any atom is 0.243 e. The Morgan fingerprint density at radius 3 is 2.33 bits per heavy atom. The Kier molecular flexibility index (Phi) is 10.0. The fraction of sp³-hybridized carbons (Fsp3) is 0.800. The second-order valence-corrected chi connectivity index (χ2v) is 3.38. The lowest BCUT2D eigenvalue weighted by Crippen LogP contribution is -2.17. The van der Waals surface area contributed by atoms with Gasteiger partial charge in [-0.05, 0) is 12.8 Å². The van der Waals surface area contributed by atoms with Gasteiger partial charge in [0.15, 0.2) is 0 Å². The predicted octanol–water partition coefficient (Wildman–Crippen LogP) is 1.56. The molecule has 1 amide bonds. The number of rotatable bonds is 9. The molecule has 0 aromatic heterocycles. The van der Waals surface area contributed by atoms with Gasteiger partial charge in [0.25, 0.3) is 0 Å². The summed E-state index contributed by atoms with van der Waals surface area (Å²) in [4.78, 5) is 23.8. The fourth-order valence-corrected chi connectivity index (χ4v) is 1.29. The maximum absolute atomic E-state index is 10.6. The molecule has 0 saturated heterocycles. The van der Waals surface area contributed by atoms with Crippen LogP contribution in [0, 0.1) is 0 Å². The van der Waals surface area contributed by atoms with E-state index >= 15 is 0 Å². The molecule has 0 aromatic carbocycles. The molecule has 0 radical (unpaired) electrons. The van der Waals surface area contributed by atoms with E-state index in [1.165, 1.54) is 6.08 Å². The van der Waals surface area contributed by atoms with Crippen molar-refractivity contribution >= 4 is 12.0 Å². The molecule has 2 N–H and O–H groups in total. The van der Waals surface area contributed by atoms with Crippen molar-refractivity contribution in [2.75, 3.05) is 6.54 Å². The minimum atomic E-state index is -0.324. The monoisotopic (exact) mass is 214 g/mol. The summed E-state index contributed by atoms with van der Waals surface area (Å²) in [7, 11) is 0. The Balaban J connectivity index is 3.05. The molecule has 0 heterocycles. The quantitative estimate of drug-likeness (QED) is 0.201. The van der Waals surface area contributed by atoms with E-state index in [0.717, 1.165) is 38.5 Å². The van der Waals surface area contributed by atoms with Crippen molar-refractivity contribution in [3.05, 3.63) is 0 Å². The van der Waals surface area contributed by atoms with Crippen molar-refractivity contribution in [1.29, 1.82) is 0 Å². The van der Waals surface area contributed by atoms with Crippen molar-refractivity contribution < 1.29 is 14.8 Å². The third kappa shape index (κ3) is 10.7. The highest BCUT2D eigenvalue weighted by molar-refractivity contribution is 5.74. The number of hydroxylamine groups is 1. The second-order valence-electron chi connectivity index (χ2n) is 3.38. The van der Waals surface area contributed by atoms with Crippen LogP contribution in [0.3, 0.4) is 0 Å². The average molecular weight is 214 g/mol. The standard InChI is InChI=1S/C10H18N2O3/c13-9-11-8-6-4-2-1-3-5-7-10(14)12-15/h15H,1-8H2,(H,12,14). The van der Waals surface area contributed by atoms with E-state index in [2.05, 4.69) is 4.99 Å². The lowest BCUT2D eigenvalue weighted by atomic mass is 10.1. The van der Waals surface area contributed by atoms with Gasteiger partial charge >= 0.3 is 0 Å². The van der Waals surface area contributed by atoms with Crippen molar-refractivity contribution in [2.45, 2.75) is 44.9 Å².